The van der Waals surface area contributed by atoms with Gasteiger partial charge in [0, 0.05) is 0 Å². The molecule has 0 aromatic heterocycles. The van der Waals surface area contributed by atoms with Crippen molar-refractivity contribution in [2.45, 2.75) is 46.5 Å². The first kappa shape index (κ1) is 15.5. The Kier molecular flexibility index (Phi) is 6.14. The summed E-state index contributed by atoms with van der Waals surface area (Å²) in [6.45, 7) is 15.8. The quantitative estimate of drug-likeness (QED) is 0.602. The molecular formula is C17H31N. The maximum Gasteiger partial charge on any atom is -0.00489 e. The largest absolute Gasteiger partial charge is 0.330 e. The highest BCUT2D eigenvalue weighted by atomic mass is 14.5. The van der Waals surface area contributed by atoms with Crippen molar-refractivity contribution < 1.29 is 0 Å². The van der Waals surface area contributed by atoms with Crippen LogP contribution in [0.2, 0.25) is 0 Å². The smallest absolute Gasteiger partial charge is 0.00489 e. The normalized spacial score (nSPS) is 27.3. The average Bonchev–Trinajstić information content (AvgIpc) is 3.13. The molecule has 2 N–H and O–H groups in total. The molecule has 0 heterocycles. The molecule has 1 aliphatic carbocycles. The van der Waals surface area contributed by atoms with E-state index in [-0.39, 0.29) is 0 Å². The van der Waals surface area contributed by atoms with Crippen molar-refractivity contribution in [3.63, 3.8) is 0 Å². The van der Waals surface area contributed by atoms with Crippen LogP contribution in [-0.4, -0.2) is 6.54 Å². The number of allylic oxidation sites excluding steroid dienone is 2. The predicted octanol–water partition coefficient (Wildman–Crippen LogP) is 4.40. The minimum Gasteiger partial charge on any atom is -0.330 e. The van der Waals surface area contributed by atoms with Crippen LogP contribution >= 0.6 is 0 Å². The van der Waals surface area contributed by atoms with Gasteiger partial charge in [0.15, 0.2) is 0 Å². The zero-order chi connectivity index (χ0) is 13.7. The summed E-state index contributed by atoms with van der Waals surface area (Å²) >= 11 is 0. The van der Waals surface area contributed by atoms with Crippen molar-refractivity contribution in [1.82, 2.24) is 0 Å². The fourth-order valence-electron chi connectivity index (χ4n) is 3.01. The first-order valence-electron chi connectivity index (χ1n) is 7.54. The van der Waals surface area contributed by atoms with Gasteiger partial charge in [-0.05, 0) is 55.4 Å². The van der Waals surface area contributed by atoms with Crippen LogP contribution in [0.1, 0.15) is 46.5 Å². The Morgan fingerprint density at radius 3 is 2.56 bits per heavy atom. The van der Waals surface area contributed by atoms with Crippen molar-refractivity contribution in [3.05, 3.63) is 24.8 Å². The molecule has 1 fully saturated rings. The molecule has 1 saturated carbocycles. The molecule has 0 bridgehead atoms. The summed E-state index contributed by atoms with van der Waals surface area (Å²) in [6, 6.07) is 0. The van der Waals surface area contributed by atoms with Gasteiger partial charge >= 0.3 is 0 Å². The van der Waals surface area contributed by atoms with Crippen LogP contribution in [0, 0.1) is 29.6 Å². The second-order valence-corrected chi connectivity index (χ2v) is 6.32. The van der Waals surface area contributed by atoms with Gasteiger partial charge in [-0.3, -0.25) is 0 Å². The van der Waals surface area contributed by atoms with Gasteiger partial charge in [-0.2, -0.15) is 0 Å². The molecule has 0 saturated heterocycles. The lowest BCUT2D eigenvalue weighted by Gasteiger charge is -2.24. The highest BCUT2D eigenvalue weighted by molar-refractivity contribution is 5.22. The molecule has 5 atom stereocenters. The Morgan fingerprint density at radius 2 is 2.06 bits per heavy atom. The number of hydrogen-bond acceptors (Lipinski definition) is 1. The molecule has 0 spiro atoms. The maximum atomic E-state index is 5.80. The lowest BCUT2D eigenvalue weighted by atomic mass is 9.83. The molecule has 0 aromatic carbocycles. The third-order valence-corrected chi connectivity index (χ3v) is 4.92. The minimum atomic E-state index is 0.709. The van der Waals surface area contributed by atoms with Crippen LogP contribution < -0.4 is 5.73 Å². The molecule has 0 radical (unpaired) electrons. The van der Waals surface area contributed by atoms with Gasteiger partial charge in [0.2, 0.25) is 0 Å². The van der Waals surface area contributed by atoms with E-state index in [0.29, 0.717) is 5.92 Å². The van der Waals surface area contributed by atoms with E-state index in [1.165, 1.54) is 31.3 Å². The van der Waals surface area contributed by atoms with Crippen molar-refractivity contribution in [2.24, 2.45) is 35.3 Å². The van der Waals surface area contributed by atoms with E-state index < -0.39 is 0 Å². The molecule has 3 unspecified atom stereocenters. The van der Waals surface area contributed by atoms with E-state index in [9.17, 15) is 0 Å². The first-order chi connectivity index (χ1) is 8.53. The van der Waals surface area contributed by atoms with Crippen molar-refractivity contribution in [3.8, 4) is 0 Å². The molecule has 0 amide bonds. The lowest BCUT2D eigenvalue weighted by Crippen LogP contribution is -2.20. The SMILES string of the molecule is C=CC(=C)C1CC1CC(C)[C@H](C)C[C@@H](CC)CN. The maximum absolute atomic E-state index is 5.80. The average molecular weight is 249 g/mol. The van der Waals surface area contributed by atoms with Crippen molar-refractivity contribution >= 4 is 0 Å². The molecule has 1 nitrogen and oxygen atoms in total. The van der Waals surface area contributed by atoms with Crippen LogP contribution in [0.15, 0.2) is 24.8 Å². The van der Waals surface area contributed by atoms with Gasteiger partial charge in [-0.25, -0.2) is 0 Å². The topological polar surface area (TPSA) is 26.0 Å². The van der Waals surface area contributed by atoms with Gasteiger partial charge in [-0.1, -0.05) is 52.0 Å². The van der Waals surface area contributed by atoms with E-state index in [1.807, 2.05) is 6.08 Å². The number of hydrogen-bond donors (Lipinski definition) is 1. The van der Waals surface area contributed by atoms with Crippen LogP contribution in [-0.2, 0) is 0 Å². The minimum absolute atomic E-state index is 0.709. The number of nitrogens with two attached hydrogens (primary N) is 1. The van der Waals surface area contributed by atoms with Gasteiger partial charge < -0.3 is 5.73 Å². The van der Waals surface area contributed by atoms with Crippen LogP contribution in [0.3, 0.4) is 0 Å². The summed E-state index contributed by atoms with van der Waals surface area (Å²) in [4.78, 5) is 0. The monoisotopic (exact) mass is 249 g/mol. The Balaban J connectivity index is 2.31. The van der Waals surface area contributed by atoms with Crippen molar-refractivity contribution in [2.75, 3.05) is 6.54 Å². The highest BCUT2D eigenvalue weighted by Gasteiger charge is 2.39. The highest BCUT2D eigenvalue weighted by Crippen LogP contribution is 2.48. The standard InChI is InChI=1S/C17H31N/c1-6-12(3)17-10-16(17)9-14(5)13(4)8-15(7-2)11-18/h6,13-17H,1,3,7-11,18H2,2,4-5H3/t13-,14?,15-,16?,17?/m1/s1. The molecule has 1 rings (SSSR count). The molecule has 1 heteroatoms. The van der Waals surface area contributed by atoms with E-state index in [2.05, 4.69) is 33.9 Å². The molecule has 0 aliphatic heterocycles. The second kappa shape index (κ2) is 7.13. The van der Waals surface area contributed by atoms with Gasteiger partial charge in [0.1, 0.15) is 0 Å². The van der Waals surface area contributed by atoms with Gasteiger partial charge in [0.25, 0.3) is 0 Å². The lowest BCUT2D eigenvalue weighted by molar-refractivity contribution is 0.278. The summed E-state index contributed by atoms with van der Waals surface area (Å²) in [5.74, 6) is 3.90. The summed E-state index contributed by atoms with van der Waals surface area (Å²) in [7, 11) is 0. The molecule has 104 valence electrons. The Morgan fingerprint density at radius 1 is 1.39 bits per heavy atom. The van der Waals surface area contributed by atoms with Gasteiger partial charge in [-0.15, -0.1) is 0 Å². The van der Waals surface area contributed by atoms with E-state index in [4.69, 9.17) is 5.73 Å². The Labute approximate surface area is 114 Å². The summed E-state index contributed by atoms with van der Waals surface area (Å²) < 4.78 is 0. The molecular weight excluding hydrogens is 218 g/mol. The first-order valence-corrected chi connectivity index (χ1v) is 7.54. The fourth-order valence-corrected chi connectivity index (χ4v) is 3.01. The zero-order valence-corrected chi connectivity index (χ0v) is 12.5. The predicted molar refractivity (Wildman–Crippen MR) is 81.3 cm³/mol. The summed E-state index contributed by atoms with van der Waals surface area (Å²) in [5, 5.41) is 0. The zero-order valence-electron chi connectivity index (χ0n) is 12.5. The Hall–Kier alpha value is -0.560. The molecule has 18 heavy (non-hydrogen) atoms. The molecule has 1 aliphatic rings. The van der Waals surface area contributed by atoms with E-state index in [1.54, 1.807) is 0 Å². The molecule has 0 aromatic rings. The van der Waals surface area contributed by atoms with E-state index in [0.717, 1.165) is 30.2 Å². The third-order valence-electron chi connectivity index (χ3n) is 4.92. The number of rotatable bonds is 9. The summed E-state index contributed by atoms with van der Waals surface area (Å²) in [6.07, 6.45) is 7.11. The second-order valence-electron chi connectivity index (χ2n) is 6.32. The Bertz CT molecular complexity index is 277. The summed E-state index contributed by atoms with van der Waals surface area (Å²) in [5.41, 5.74) is 7.05. The van der Waals surface area contributed by atoms with Gasteiger partial charge in [0.05, 0.1) is 0 Å². The van der Waals surface area contributed by atoms with Crippen LogP contribution in [0.25, 0.3) is 0 Å². The van der Waals surface area contributed by atoms with Crippen molar-refractivity contribution in [1.29, 1.82) is 0 Å². The third kappa shape index (κ3) is 4.28. The van der Waals surface area contributed by atoms with Crippen LogP contribution in [0.5, 0.6) is 0 Å². The van der Waals surface area contributed by atoms with E-state index >= 15 is 0 Å². The van der Waals surface area contributed by atoms with Crippen LogP contribution in [0.4, 0.5) is 0 Å². The fraction of sp³-hybridized carbons (Fsp3) is 0.765.